The van der Waals surface area contributed by atoms with E-state index in [1.165, 1.54) is 11.1 Å². The Bertz CT molecular complexity index is 1050. The average Bonchev–Trinajstić information content (AvgIpc) is 3.16. The first kappa shape index (κ1) is 24.8. The number of hydrogen-bond acceptors (Lipinski definition) is 4. The van der Waals surface area contributed by atoms with Gasteiger partial charge in [0, 0.05) is 31.5 Å². The Kier molecular flexibility index (Phi) is 7.43. The van der Waals surface area contributed by atoms with Crippen molar-refractivity contribution in [3.63, 3.8) is 0 Å². The first-order chi connectivity index (χ1) is 16.8. The Morgan fingerprint density at radius 3 is 2.34 bits per heavy atom. The lowest BCUT2D eigenvalue weighted by molar-refractivity contribution is -0.153. The zero-order valence-corrected chi connectivity index (χ0v) is 20.5. The highest BCUT2D eigenvalue weighted by Gasteiger charge is 2.39. The largest absolute Gasteiger partial charge is 0.481 e. The van der Waals surface area contributed by atoms with E-state index in [0.29, 0.717) is 25.8 Å². The molecule has 0 spiro atoms. The van der Waals surface area contributed by atoms with Gasteiger partial charge in [-0.25, -0.2) is 4.79 Å². The van der Waals surface area contributed by atoms with Crippen LogP contribution in [0, 0.1) is 5.41 Å². The van der Waals surface area contributed by atoms with Gasteiger partial charge in [0.15, 0.2) is 0 Å². The fraction of sp³-hybridized carbons (Fsp3) is 0.464. The Morgan fingerprint density at radius 2 is 1.74 bits per heavy atom. The van der Waals surface area contributed by atoms with Crippen LogP contribution in [-0.2, 0) is 14.3 Å². The number of ether oxygens (including phenoxy) is 1. The Balaban J connectivity index is 1.36. The van der Waals surface area contributed by atoms with Crippen molar-refractivity contribution < 1.29 is 24.2 Å². The number of carbonyl (C=O) groups is 3. The van der Waals surface area contributed by atoms with Crippen molar-refractivity contribution >= 4 is 18.0 Å². The van der Waals surface area contributed by atoms with E-state index in [4.69, 9.17) is 4.74 Å². The molecule has 35 heavy (non-hydrogen) atoms. The van der Waals surface area contributed by atoms with Gasteiger partial charge in [0.05, 0.1) is 5.41 Å². The van der Waals surface area contributed by atoms with E-state index in [2.05, 4.69) is 29.6 Å². The Morgan fingerprint density at radius 1 is 1.11 bits per heavy atom. The lowest BCUT2D eigenvalue weighted by Gasteiger charge is -2.38. The molecule has 1 saturated heterocycles. The quantitative estimate of drug-likeness (QED) is 0.568. The van der Waals surface area contributed by atoms with Crippen LogP contribution in [-0.4, -0.2) is 53.7 Å². The van der Waals surface area contributed by atoms with E-state index in [0.717, 1.165) is 17.5 Å². The topological polar surface area (TPSA) is 95.9 Å². The molecule has 186 valence electrons. The number of carboxylic acid groups (broad SMARTS) is 1. The third kappa shape index (κ3) is 5.34. The molecule has 2 atom stereocenters. The molecule has 4 rings (SSSR count). The van der Waals surface area contributed by atoms with Crippen LogP contribution in [0.2, 0.25) is 0 Å². The maximum atomic E-state index is 13.0. The van der Waals surface area contributed by atoms with Crippen molar-refractivity contribution in [2.24, 2.45) is 5.41 Å². The molecular formula is C28H34N2O5. The van der Waals surface area contributed by atoms with Crippen LogP contribution in [0.25, 0.3) is 11.1 Å². The molecule has 2 unspecified atom stereocenters. The van der Waals surface area contributed by atoms with Gasteiger partial charge >= 0.3 is 12.1 Å². The number of likely N-dealkylation sites (tertiary alicyclic amines) is 1. The van der Waals surface area contributed by atoms with Crippen LogP contribution in [0.15, 0.2) is 48.5 Å². The van der Waals surface area contributed by atoms with Crippen molar-refractivity contribution in [2.45, 2.75) is 57.9 Å². The minimum atomic E-state index is -0.922. The molecule has 2 aliphatic rings. The highest BCUT2D eigenvalue weighted by atomic mass is 16.5. The zero-order chi connectivity index (χ0) is 25.0. The van der Waals surface area contributed by atoms with E-state index in [-0.39, 0.29) is 37.4 Å². The summed E-state index contributed by atoms with van der Waals surface area (Å²) in [6, 6.07) is 16.0. The van der Waals surface area contributed by atoms with E-state index in [1.54, 1.807) is 11.8 Å². The molecule has 2 N–H and O–H groups in total. The first-order valence-corrected chi connectivity index (χ1v) is 12.4. The first-order valence-electron chi connectivity index (χ1n) is 12.4. The second kappa shape index (κ2) is 10.5. The number of carboxylic acids is 1. The van der Waals surface area contributed by atoms with Gasteiger partial charge in [-0.1, -0.05) is 61.9 Å². The summed E-state index contributed by atoms with van der Waals surface area (Å²) in [4.78, 5) is 38.9. The molecule has 0 saturated carbocycles. The lowest BCUT2D eigenvalue weighted by Crippen LogP contribution is -2.50. The highest BCUT2D eigenvalue weighted by molar-refractivity contribution is 5.81. The summed E-state index contributed by atoms with van der Waals surface area (Å²) in [6.07, 6.45) is 2.25. The predicted octanol–water partition coefficient (Wildman–Crippen LogP) is 4.80. The molecular weight excluding hydrogens is 444 g/mol. The maximum absolute atomic E-state index is 13.0. The summed E-state index contributed by atoms with van der Waals surface area (Å²) in [7, 11) is 0. The second-order valence-electron chi connectivity index (χ2n) is 9.94. The van der Waals surface area contributed by atoms with Gasteiger partial charge in [-0.15, -0.1) is 0 Å². The Hall–Kier alpha value is -3.35. The van der Waals surface area contributed by atoms with Crippen LogP contribution in [0.3, 0.4) is 0 Å². The van der Waals surface area contributed by atoms with Crippen molar-refractivity contribution in [1.82, 2.24) is 10.2 Å². The predicted molar refractivity (Wildman–Crippen MR) is 133 cm³/mol. The van der Waals surface area contributed by atoms with Crippen molar-refractivity contribution in [2.75, 3.05) is 19.7 Å². The molecule has 1 aliphatic carbocycles. The highest BCUT2D eigenvalue weighted by Crippen LogP contribution is 2.44. The van der Waals surface area contributed by atoms with E-state index in [1.807, 2.05) is 31.2 Å². The molecule has 1 heterocycles. The fourth-order valence-electron chi connectivity index (χ4n) is 5.35. The standard InChI is InChI=1S/C28H34N2O5/c1-3-9-19(16-25(31)30-15-8-14-28(2,18-30)26(32)33)29-27(34)35-17-24-22-12-6-4-10-20(22)21-11-5-7-13-23(21)24/h4-7,10-13,19,24H,3,8-9,14-18H2,1-2H3,(H,29,34)(H,32,33). The van der Waals surface area contributed by atoms with Crippen LogP contribution in [0.1, 0.15) is 63.0 Å². The van der Waals surface area contributed by atoms with Gasteiger partial charge < -0.3 is 20.1 Å². The summed E-state index contributed by atoms with van der Waals surface area (Å²) in [6.45, 7) is 4.65. The van der Waals surface area contributed by atoms with Gasteiger partial charge in [-0.3, -0.25) is 9.59 Å². The maximum Gasteiger partial charge on any atom is 0.407 e. The summed E-state index contributed by atoms with van der Waals surface area (Å²) in [5.41, 5.74) is 3.71. The summed E-state index contributed by atoms with van der Waals surface area (Å²) in [5, 5.41) is 12.4. The number of nitrogens with one attached hydrogen (secondary N) is 1. The van der Waals surface area contributed by atoms with Gasteiger partial charge in [0.25, 0.3) is 0 Å². The van der Waals surface area contributed by atoms with Crippen LogP contribution in [0.4, 0.5) is 4.79 Å². The summed E-state index contributed by atoms with van der Waals surface area (Å²) >= 11 is 0. The zero-order valence-electron chi connectivity index (χ0n) is 20.5. The molecule has 0 radical (unpaired) electrons. The van der Waals surface area contributed by atoms with E-state index >= 15 is 0 Å². The fourth-order valence-corrected chi connectivity index (χ4v) is 5.35. The van der Waals surface area contributed by atoms with E-state index in [9.17, 15) is 19.5 Å². The molecule has 1 aliphatic heterocycles. The van der Waals surface area contributed by atoms with Gasteiger partial charge in [-0.05, 0) is 48.4 Å². The number of alkyl carbamates (subject to hydrolysis) is 1. The molecule has 0 bridgehead atoms. The summed E-state index contributed by atoms with van der Waals surface area (Å²) in [5.74, 6) is -1.03. The van der Waals surface area contributed by atoms with Crippen LogP contribution < -0.4 is 5.32 Å². The van der Waals surface area contributed by atoms with Crippen molar-refractivity contribution in [3.05, 3.63) is 59.7 Å². The number of benzene rings is 2. The number of aliphatic carboxylic acids is 1. The monoisotopic (exact) mass is 478 g/mol. The number of amides is 2. The third-order valence-corrected chi connectivity index (χ3v) is 7.29. The third-order valence-electron chi connectivity index (χ3n) is 7.29. The number of fused-ring (bicyclic) bond motifs is 3. The number of carbonyl (C=O) groups excluding carboxylic acids is 2. The van der Waals surface area contributed by atoms with Crippen molar-refractivity contribution in [1.29, 1.82) is 0 Å². The molecule has 0 aromatic heterocycles. The number of rotatable bonds is 8. The number of piperidine rings is 1. The minimum absolute atomic E-state index is 0.0264. The van der Waals surface area contributed by atoms with Gasteiger partial charge in [-0.2, -0.15) is 0 Å². The van der Waals surface area contributed by atoms with E-state index < -0.39 is 17.5 Å². The Labute approximate surface area is 206 Å². The molecule has 7 heteroatoms. The van der Waals surface area contributed by atoms with Crippen molar-refractivity contribution in [3.8, 4) is 11.1 Å². The molecule has 1 fully saturated rings. The second-order valence-corrected chi connectivity index (χ2v) is 9.94. The number of nitrogens with zero attached hydrogens (tertiary/aromatic N) is 1. The minimum Gasteiger partial charge on any atom is -0.481 e. The van der Waals surface area contributed by atoms with Gasteiger partial charge in [0.1, 0.15) is 6.61 Å². The normalized spacial score (nSPS) is 20.0. The van der Waals surface area contributed by atoms with Crippen LogP contribution >= 0.6 is 0 Å². The summed E-state index contributed by atoms with van der Waals surface area (Å²) < 4.78 is 5.66. The molecule has 2 aromatic rings. The lowest BCUT2D eigenvalue weighted by atomic mass is 9.82. The van der Waals surface area contributed by atoms with Gasteiger partial charge in [0.2, 0.25) is 5.91 Å². The molecule has 2 amide bonds. The number of hydrogen-bond donors (Lipinski definition) is 2. The molecule has 7 nitrogen and oxygen atoms in total. The van der Waals surface area contributed by atoms with Crippen LogP contribution in [0.5, 0.6) is 0 Å². The average molecular weight is 479 g/mol. The SMILES string of the molecule is CCCC(CC(=O)N1CCCC(C)(C(=O)O)C1)NC(=O)OCC1c2ccccc2-c2ccccc21. The smallest absolute Gasteiger partial charge is 0.407 e. The molecule has 2 aromatic carbocycles.